The van der Waals surface area contributed by atoms with Gasteiger partial charge in [0.05, 0.1) is 0 Å². The Balaban J connectivity index is 1.39. The molecule has 0 amide bonds. The Bertz CT molecular complexity index is 1260. The number of ether oxygens (including phenoxy) is 2. The standard InChI is InChI=1S/C27H20O3/c28-27(21-11-10-17-6-4-5-9-19(17)14-21)26-24(18-7-2-1-3-8-18)25(26)20-12-13-22-23(15-20)30-16-29-22/h1-15,24-26H,16H2/t24-,25+,26+/m0/s1. The summed E-state index contributed by atoms with van der Waals surface area (Å²) in [6.07, 6.45) is 0. The largest absolute Gasteiger partial charge is 0.454 e. The van der Waals surface area contributed by atoms with Gasteiger partial charge in [-0.2, -0.15) is 0 Å². The zero-order valence-corrected chi connectivity index (χ0v) is 16.3. The van der Waals surface area contributed by atoms with E-state index in [1.54, 1.807) is 0 Å². The van der Waals surface area contributed by atoms with Crippen LogP contribution in [0.25, 0.3) is 10.8 Å². The van der Waals surface area contributed by atoms with Crippen LogP contribution >= 0.6 is 0 Å². The Morgan fingerprint density at radius 1 is 0.667 bits per heavy atom. The average molecular weight is 392 g/mol. The summed E-state index contributed by atoms with van der Waals surface area (Å²) in [4.78, 5) is 13.6. The highest BCUT2D eigenvalue weighted by molar-refractivity contribution is 6.04. The number of ketones is 1. The monoisotopic (exact) mass is 392 g/mol. The average Bonchev–Trinajstić information content (AvgIpc) is 3.38. The highest BCUT2D eigenvalue weighted by Crippen LogP contribution is 2.62. The van der Waals surface area contributed by atoms with Crippen molar-refractivity contribution in [3.8, 4) is 11.5 Å². The van der Waals surface area contributed by atoms with Gasteiger partial charge in [0.15, 0.2) is 17.3 Å². The van der Waals surface area contributed by atoms with Gasteiger partial charge in [-0.15, -0.1) is 0 Å². The van der Waals surface area contributed by atoms with Crippen molar-refractivity contribution in [3.63, 3.8) is 0 Å². The van der Waals surface area contributed by atoms with Crippen molar-refractivity contribution in [2.45, 2.75) is 11.8 Å². The fourth-order valence-corrected chi connectivity index (χ4v) is 4.80. The van der Waals surface area contributed by atoms with Gasteiger partial charge in [-0.05, 0) is 40.1 Å². The van der Waals surface area contributed by atoms with E-state index in [9.17, 15) is 4.79 Å². The molecule has 4 aromatic carbocycles. The predicted molar refractivity (Wildman–Crippen MR) is 116 cm³/mol. The van der Waals surface area contributed by atoms with E-state index < -0.39 is 0 Å². The van der Waals surface area contributed by atoms with Crippen LogP contribution in [0.2, 0.25) is 0 Å². The third-order valence-corrected chi connectivity index (χ3v) is 6.32. The van der Waals surface area contributed by atoms with Gasteiger partial charge in [-0.1, -0.05) is 72.8 Å². The van der Waals surface area contributed by atoms with E-state index in [1.807, 2.05) is 60.7 Å². The van der Waals surface area contributed by atoms with Crippen LogP contribution in [0.4, 0.5) is 0 Å². The second-order valence-corrected chi connectivity index (χ2v) is 8.03. The molecule has 3 nitrogen and oxygen atoms in total. The molecule has 3 atom stereocenters. The summed E-state index contributed by atoms with van der Waals surface area (Å²) in [6.45, 7) is 0.255. The van der Waals surface area contributed by atoms with Gasteiger partial charge in [0.1, 0.15) is 0 Å². The molecule has 1 heterocycles. The molecular weight excluding hydrogens is 372 g/mol. The van der Waals surface area contributed by atoms with Crippen LogP contribution < -0.4 is 9.47 Å². The number of benzene rings is 4. The first kappa shape index (κ1) is 17.3. The van der Waals surface area contributed by atoms with Gasteiger partial charge in [0.25, 0.3) is 0 Å². The van der Waals surface area contributed by atoms with Crippen LogP contribution in [0, 0.1) is 5.92 Å². The lowest BCUT2D eigenvalue weighted by Crippen LogP contribution is -2.04. The van der Waals surface area contributed by atoms with Crippen molar-refractivity contribution in [1.82, 2.24) is 0 Å². The van der Waals surface area contributed by atoms with Gasteiger partial charge >= 0.3 is 0 Å². The maximum atomic E-state index is 13.6. The Morgan fingerprint density at radius 3 is 2.27 bits per heavy atom. The normalized spacial score (nSPS) is 21.5. The van der Waals surface area contributed by atoms with Crippen LogP contribution in [0.15, 0.2) is 91.0 Å². The van der Waals surface area contributed by atoms with E-state index >= 15 is 0 Å². The molecule has 1 aliphatic carbocycles. The Labute approximate surface area is 174 Å². The van der Waals surface area contributed by atoms with Crippen LogP contribution in [0.3, 0.4) is 0 Å². The predicted octanol–water partition coefficient (Wildman–Crippen LogP) is 5.95. The molecule has 0 spiro atoms. The summed E-state index contributed by atoms with van der Waals surface area (Å²) in [5.41, 5.74) is 3.12. The zero-order valence-electron chi connectivity index (χ0n) is 16.3. The lowest BCUT2D eigenvalue weighted by molar-refractivity contribution is 0.0963. The molecule has 0 bridgehead atoms. The molecule has 2 aliphatic rings. The van der Waals surface area contributed by atoms with Crippen molar-refractivity contribution in [1.29, 1.82) is 0 Å². The van der Waals surface area contributed by atoms with E-state index in [2.05, 4.69) is 30.3 Å². The SMILES string of the molecule is O=C(c1ccc2ccccc2c1)[C@@H]1[C@@H](c2ccccc2)[C@H]1c1ccc2c(c1)OCO2. The van der Waals surface area contributed by atoms with Crippen LogP contribution in [0.5, 0.6) is 11.5 Å². The number of Topliss-reactive ketones (excluding diaryl/α,β-unsaturated/α-hetero) is 1. The first-order chi connectivity index (χ1) is 14.8. The minimum Gasteiger partial charge on any atom is -0.454 e. The summed E-state index contributed by atoms with van der Waals surface area (Å²) in [5.74, 6) is 1.98. The molecule has 1 aliphatic heterocycles. The molecular formula is C27H20O3. The molecule has 1 fully saturated rings. The second-order valence-electron chi connectivity index (χ2n) is 8.03. The number of hydrogen-bond donors (Lipinski definition) is 0. The minimum absolute atomic E-state index is 0.0751. The molecule has 1 saturated carbocycles. The first-order valence-corrected chi connectivity index (χ1v) is 10.3. The molecule has 3 heteroatoms. The van der Waals surface area contributed by atoms with Crippen molar-refractivity contribution < 1.29 is 14.3 Å². The third-order valence-electron chi connectivity index (χ3n) is 6.32. The van der Waals surface area contributed by atoms with Gasteiger partial charge in [0.2, 0.25) is 6.79 Å². The molecule has 0 aromatic heterocycles. The molecule has 0 unspecified atom stereocenters. The summed E-state index contributed by atoms with van der Waals surface area (Å²) in [7, 11) is 0. The fourth-order valence-electron chi connectivity index (χ4n) is 4.80. The number of rotatable bonds is 4. The van der Waals surface area contributed by atoms with E-state index in [0.717, 1.165) is 33.4 Å². The highest BCUT2D eigenvalue weighted by Gasteiger charge is 2.56. The molecule has 0 radical (unpaired) electrons. The van der Waals surface area contributed by atoms with Crippen LogP contribution in [0.1, 0.15) is 33.3 Å². The van der Waals surface area contributed by atoms with E-state index in [0.29, 0.717) is 0 Å². The molecule has 146 valence electrons. The second kappa shape index (κ2) is 6.74. The maximum absolute atomic E-state index is 13.6. The Hall–Kier alpha value is -3.59. The van der Waals surface area contributed by atoms with E-state index in [4.69, 9.17) is 9.47 Å². The maximum Gasteiger partial charge on any atom is 0.231 e. The van der Waals surface area contributed by atoms with Gasteiger partial charge in [-0.25, -0.2) is 0 Å². The summed E-state index contributed by atoms with van der Waals surface area (Å²) in [5, 5.41) is 2.25. The van der Waals surface area contributed by atoms with Gasteiger partial charge in [-0.3, -0.25) is 4.79 Å². The molecule has 6 rings (SSSR count). The van der Waals surface area contributed by atoms with Gasteiger partial charge in [0, 0.05) is 23.3 Å². The third kappa shape index (κ3) is 2.78. The Kier molecular flexibility index (Phi) is 3.88. The molecule has 0 saturated heterocycles. The molecule has 4 aromatic rings. The van der Waals surface area contributed by atoms with Crippen molar-refractivity contribution in [3.05, 3.63) is 108 Å². The minimum atomic E-state index is -0.0751. The van der Waals surface area contributed by atoms with Crippen LogP contribution in [-0.2, 0) is 0 Å². The van der Waals surface area contributed by atoms with Crippen LogP contribution in [-0.4, -0.2) is 12.6 Å². The Morgan fingerprint density at radius 2 is 1.40 bits per heavy atom. The molecule has 0 N–H and O–H groups in total. The topological polar surface area (TPSA) is 35.5 Å². The van der Waals surface area contributed by atoms with Crippen molar-refractivity contribution in [2.24, 2.45) is 5.92 Å². The lowest BCUT2D eigenvalue weighted by atomic mass is 9.99. The first-order valence-electron chi connectivity index (χ1n) is 10.3. The fraction of sp³-hybridized carbons (Fsp3) is 0.148. The number of fused-ring (bicyclic) bond motifs is 2. The number of carbonyl (C=O) groups excluding carboxylic acids is 1. The summed E-state index contributed by atoms with van der Waals surface area (Å²) < 4.78 is 11.0. The highest BCUT2D eigenvalue weighted by atomic mass is 16.7. The zero-order chi connectivity index (χ0) is 20.1. The quantitative estimate of drug-likeness (QED) is 0.403. The number of hydrogen-bond acceptors (Lipinski definition) is 3. The number of carbonyl (C=O) groups is 1. The lowest BCUT2D eigenvalue weighted by Gasteiger charge is -2.04. The smallest absolute Gasteiger partial charge is 0.231 e. The van der Waals surface area contributed by atoms with Crippen molar-refractivity contribution >= 4 is 16.6 Å². The summed E-state index contributed by atoms with van der Waals surface area (Å²) in [6, 6.07) is 30.6. The summed E-state index contributed by atoms with van der Waals surface area (Å²) >= 11 is 0. The van der Waals surface area contributed by atoms with Gasteiger partial charge < -0.3 is 9.47 Å². The van der Waals surface area contributed by atoms with E-state index in [1.165, 1.54) is 5.56 Å². The van der Waals surface area contributed by atoms with E-state index in [-0.39, 0.29) is 30.3 Å². The molecule has 30 heavy (non-hydrogen) atoms. The van der Waals surface area contributed by atoms with Crippen molar-refractivity contribution in [2.75, 3.05) is 6.79 Å².